The normalized spacial score (nSPS) is 12.2. The van der Waals surface area contributed by atoms with Crippen LogP contribution in [-0.4, -0.2) is 36.2 Å². The van der Waals surface area contributed by atoms with Crippen molar-refractivity contribution in [3.05, 3.63) is 334 Å². The Balaban J connectivity index is 0.834. The number of para-hydroxylation sites is 5. The number of rotatable bonds is 11. The van der Waals surface area contributed by atoms with Crippen LogP contribution >= 0.6 is 0 Å². The van der Waals surface area contributed by atoms with Crippen molar-refractivity contribution in [2.24, 2.45) is 0 Å². The molecular weight excluding hydrogens is 1140 g/mol. The summed E-state index contributed by atoms with van der Waals surface area (Å²) in [7, 11) is 0. The van der Waals surface area contributed by atoms with E-state index in [1.165, 1.54) is 27.8 Å². The second kappa shape index (κ2) is 22.7. The summed E-state index contributed by atoms with van der Waals surface area (Å²) in [5.74, 6) is 2.50. The molecule has 18 rings (SSSR count). The predicted molar refractivity (Wildman–Crippen MR) is 387 cm³/mol. The Morgan fingerprint density at radius 2 is 0.649 bits per heavy atom. The van der Waals surface area contributed by atoms with Gasteiger partial charge in [0.1, 0.15) is 0 Å². The van der Waals surface area contributed by atoms with Crippen LogP contribution in [0.3, 0.4) is 0 Å². The summed E-state index contributed by atoms with van der Waals surface area (Å²) in [5.41, 5.74) is 25.5. The lowest BCUT2D eigenvalue weighted by Crippen LogP contribution is -2.61. The van der Waals surface area contributed by atoms with Gasteiger partial charge in [0.25, 0.3) is 6.71 Å². The largest absolute Gasteiger partial charge is 0.311 e. The van der Waals surface area contributed by atoms with Gasteiger partial charge in [-0.2, -0.15) is 0 Å². The molecule has 0 unspecified atom stereocenters. The summed E-state index contributed by atoms with van der Waals surface area (Å²) in [4.78, 5) is 30.9. The van der Waals surface area contributed by atoms with E-state index in [-0.39, 0.29) is 6.71 Å². The van der Waals surface area contributed by atoms with Crippen LogP contribution in [0, 0.1) is 0 Å². The lowest BCUT2D eigenvalue weighted by Gasteiger charge is -2.44. The first-order valence-corrected chi connectivity index (χ1v) is 31.8. The van der Waals surface area contributed by atoms with Gasteiger partial charge in [0.2, 0.25) is 0 Å². The minimum atomic E-state index is 0.0123. The molecule has 0 amide bonds. The Morgan fingerprint density at radius 3 is 1.20 bits per heavy atom. The highest BCUT2D eigenvalue weighted by Gasteiger charge is 2.43. The van der Waals surface area contributed by atoms with Crippen molar-refractivity contribution in [2.75, 3.05) is 9.80 Å². The first kappa shape index (κ1) is 54.4. The van der Waals surface area contributed by atoms with Crippen LogP contribution in [0.15, 0.2) is 334 Å². The number of nitrogens with zero attached hydrogens (tertiary/aromatic N) is 8. The van der Waals surface area contributed by atoms with Crippen LogP contribution in [0.5, 0.6) is 0 Å². The zero-order chi connectivity index (χ0) is 62.1. The molecule has 13 aromatic carbocycles. The highest BCUT2D eigenvalue weighted by atomic mass is 15.2. The van der Waals surface area contributed by atoms with Crippen LogP contribution in [0.1, 0.15) is 0 Å². The fraction of sp³-hybridized carbons (Fsp3) is 0. The highest BCUT2D eigenvalue weighted by molar-refractivity contribution is 7.00. The molecule has 5 heterocycles. The standard InChI is InChI=1S/C85H55BN8/c1-7-25-58(26-8-1)72-55-73(88-82(87-72)59-27-9-2-10-28-59)62-47-49-75(94-74-40-22-19-37-67(74)69-52-63(48-50-76(69)94)85-90-83(60-29-11-3-12-30-60)89-84(91-85)61-31-13-4-14-32-61)68(51-62)57-45-43-56(44-46-57)64-53-79-81-80(54-64)93(66-35-17-6-18-36-66)78-42-24-21-39-71(78)86(81)70-38-20-23-41-77(70)92(79)65-33-15-5-16-34-65/h1-55H. The SMILES string of the molecule is c1ccc(-c2cc(-c3ccc(-n4c5ccccc5c5cc(-c6nc(-c7ccccc7)nc(-c7ccccc7)n6)ccc54)c(-c4ccc(-c5cc6c7c(c5)N(c5ccccc5)c5ccccc5B7c5ccccc5N6c5ccccc5)cc4)c3)nc(-c3ccccc3)n2)cc1. The quantitative estimate of drug-likeness (QED) is 0.119. The minimum Gasteiger partial charge on any atom is -0.311 e. The maximum absolute atomic E-state index is 5.37. The zero-order valence-corrected chi connectivity index (χ0v) is 50.9. The zero-order valence-electron chi connectivity index (χ0n) is 50.9. The van der Waals surface area contributed by atoms with Crippen molar-refractivity contribution < 1.29 is 0 Å². The van der Waals surface area contributed by atoms with Gasteiger partial charge in [0, 0.05) is 83.8 Å². The number of hydrogen-bond acceptors (Lipinski definition) is 7. The molecule has 0 aliphatic carbocycles. The molecule has 2 aliphatic rings. The lowest BCUT2D eigenvalue weighted by atomic mass is 9.33. The maximum Gasteiger partial charge on any atom is 0.252 e. The van der Waals surface area contributed by atoms with E-state index < -0.39 is 0 Å². The predicted octanol–water partition coefficient (Wildman–Crippen LogP) is 19.2. The van der Waals surface area contributed by atoms with E-state index in [0.717, 1.165) is 117 Å². The van der Waals surface area contributed by atoms with Crippen LogP contribution in [0.25, 0.3) is 118 Å². The average molecular weight is 1200 g/mol. The van der Waals surface area contributed by atoms with Crippen molar-refractivity contribution in [3.63, 3.8) is 0 Å². The highest BCUT2D eigenvalue weighted by Crippen LogP contribution is 2.47. The van der Waals surface area contributed by atoms with Gasteiger partial charge in [-0.05, 0) is 124 Å². The van der Waals surface area contributed by atoms with Crippen molar-refractivity contribution in [1.82, 2.24) is 29.5 Å². The van der Waals surface area contributed by atoms with Gasteiger partial charge in [-0.25, -0.2) is 24.9 Å². The van der Waals surface area contributed by atoms with E-state index in [1.807, 2.05) is 84.9 Å². The Labute approximate surface area is 544 Å². The molecule has 0 bridgehead atoms. The van der Waals surface area contributed by atoms with Crippen LogP contribution in [0.4, 0.5) is 34.1 Å². The van der Waals surface area contributed by atoms with E-state index >= 15 is 0 Å². The van der Waals surface area contributed by atoms with Gasteiger partial charge >= 0.3 is 0 Å². The van der Waals surface area contributed by atoms with Gasteiger partial charge in [0.05, 0.1) is 28.1 Å². The van der Waals surface area contributed by atoms with Crippen LogP contribution in [0.2, 0.25) is 0 Å². The molecule has 9 heteroatoms. The van der Waals surface area contributed by atoms with E-state index in [4.69, 9.17) is 24.9 Å². The average Bonchev–Trinajstić information content (AvgIpc) is 0.960. The van der Waals surface area contributed by atoms with E-state index in [2.05, 4.69) is 263 Å². The number of aromatic nitrogens is 6. The molecule has 0 N–H and O–H groups in total. The van der Waals surface area contributed by atoms with Gasteiger partial charge in [0.15, 0.2) is 23.3 Å². The van der Waals surface area contributed by atoms with Crippen molar-refractivity contribution in [3.8, 4) is 96.0 Å². The molecule has 3 aromatic heterocycles. The number of benzene rings is 13. The molecule has 438 valence electrons. The summed E-state index contributed by atoms with van der Waals surface area (Å²) in [6.45, 7) is 0.0123. The molecule has 2 aliphatic heterocycles. The molecule has 94 heavy (non-hydrogen) atoms. The molecule has 8 nitrogen and oxygen atoms in total. The molecule has 0 radical (unpaired) electrons. The Morgan fingerprint density at radius 1 is 0.234 bits per heavy atom. The third kappa shape index (κ3) is 9.36. The Kier molecular flexibility index (Phi) is 13.1. The summed E-state index contributed by atoms with van der Waals surface area (Å²) in [5, 5.41) is 2.19. The van der Waals surface area contributed by atoms with E-state index in [0.29, 0.717) is 23.3 Å². The molecule has 16 aromatic rings. The summed E-state index contributed by atoms with van der Waals surface area (Å²) >= 11 is 0. The second-order valence-corrected chi connectivity index (χ2v) is 23.9. The van der Waals surface area contributed by atoms with E-state index in [9.17, 15) is 0 Å². The molecular formula is C85H55BN8. The van der Waals surface area contributed by atoms with E-state index in [1.54, 1.807) is 0 Å². The topological polar surface area (TPSA) is 75.9 Å². The minimum absolute atomic E-state index is 0.0123. The molecule has 0 saturated carbocycles. The smallest absolute Gasteiger partial charge is 0.252 e. The van der Waals surface area contributed by atoms with Crippen LogP contribution in [-0.2, 0) is 0 Å². The Bertz CT molecular complexity index is 5330. The first-order chi connectivity index (χ1) is 46.6. The summed E-state index contributed by atoms with van der Waals surface area (Å²) < 4.78 is 2.42. The van der Waals surface area contributed by atoms with Gasteiger partial charge in [-0.3, -0.25) is 0 Å². The third-order valence-electron chi connectivity index (χ3n) is 18.4. The molecule has 0 atom stereocenters. The van der Waals surface area contributed by atoms with Crippen molar-refractivity contribution in [1.29, 1.82) is 0 Å². The van der Waals surface area contributed by atoms with Gasteiger partial charge in [-0.15, -0.1) is 0 Å². The van der Waals surface area contributed by atoms with Crippen molar-refractivity contribution in [2.45, 2.75) is 0 Å². The third-order valence-corrected chi connectivity index (χ3v) is 18.4. The lowest BCUT2D eigenvalue weighted by molar-refractivity contribution is 1.07. The first-order valence-electron chi connectivity index (χ1n) is 31.8. The fourth-order valence-corrected chi connectivity index (χ4v) is 14.1. The Hall–Kier alpha value is -12.6. The number of fused-ring (bicyclic) bond motifs is 7. The van der Waals surface area contributed by atoms with Gasteiger partial charge < -0.3 is 14.4 Å². The fourth-order valence-electron chi connectivity index (χ4n) is 14.1. The monoisotopic (exact) mass is 1200 g/mol. The second-order valence-electron chi connectivity index (χ2n) is 23.9. The number of anilines is 6. The number of hydrogen-bond donors (Lipinski definition) is 0. The van der Waals surface area contributed by atoms with Crippen LogP contribution < -0.4 is 26.2 Å². The maximum atomic E-state index is 5.37. The summed E-state index contributed by atoms with van der Waals surface area (Å²) in [6, 6.07) is 119. The van der Waals surface area contributed by atoms with Gasteiger partial charge in [-0.1, -0.05) is 243 Å². The molecule has 0 fully saturated rings. The molecule has 0 spiro atoms. The summed E-state index contributed by atoms with van der Waals surface area (Å²) in [6.07, 6.45) is 0. The van der Waals surface area contributed by atoms with Crippen molar-refractivity contribution >= 4 is 79.0 Å². The molecule has 0 saturated heterocycles.